The zero-order valence-electron chi connectivity index (χ0n) is 10.9. The Morgan fingerprint density at radius 3 is 2.58 bits per heavy atom. The van der Waals surface area contributed by atoms with E-state index in [0.717, 1.165) is 10.5 Å². The molecule has 0 fully saturated rings. The number of carbonyl (C=O) groups excluding carboxylic acids is 1. The van der Waals surface area contributed by atoms with E-state index in [1.165, 1.54) is 7.05 Å². The van der Waals surface area contributed by atoms with E-state index in [2.05, 4.69) is 0 Å². The minimum Gasteiger partial charge on any atom is -0.445 e. The van der Waals surface area contributed by atoms with Crippen molar-refractivity contribution in [3.05, 3.63) is 35.9 Å². The Labute approximate surface area is 117 Å². The monoisotopic (exact) mass is 305 g/mol. The molecule has 0 aliphatic carbocycles. The molecule has 0 saturated carbocycles. The number of rotatable bonds is 6. The molecular weight excluding hydrogens is 289 g/mol. The fraction of sp³-hybridized carbons (Fsp3) is 0.417. The van der Waals surface area contributed by atoms with Crippen molar-refractivity contribution in [2.24, 2.45) is 0 Å². The van der Waals surface area contributed by atoms with Gasteiger partial charge in [0.25, 0.3) is 0 Å². The smallest absolute Gasteiger partial charge is 0.410 e. The Morgan fingerprint density at radius 2 is 2.00 bits per heavy atom. The summed E-state index contributed by atoms with van der Waals surface area (Å²) in [4.78, 5) is 12.8. The Morgan fingerprint density at radius 1 is 1.37 bits per heavy atom. The summed E-state index contributed by atoms with van der Waals surface area (Å²) in [5, 5.41) is 0. The van der Waals surface area contributed by atoms with Crippen LogP contribution in [-0.2, 0) is 20.4 Å². The van der Waals surface area contributed by atoms with Gasteiger partial charge in [0.1, 0.15) is 12.9 Å². The molecule has 1 aromatic carbocycles. The highest BCUT2D eigenvalue weighted by molar-refractivity contribution is 7.85. The molecule has 106 valence electrons. The first-order valence-electron chi connectivity index (χ1n) is 5.79. The van der Waals surface area contributed by atoms with Gasteiger partial charge in [-0.05, 0) is 23.7 Å². The van der Waals surface area contributed by atoms with Gasteiger partial charge in [-0.1, -0.05) is 30.3 Å². The molecule has 1 unspecified atom stereocenters. The lowest BCUT2D eigenvalue weighted by atomic mass is 10.2. The summed E-state index contributed by atoms with van der Waals surface area (Å²) < 4.78 is 21.6. The molecule has 19 heavy (non-hydrogen) atoms. The van der Waals surface area contributed by atoms with E-state index in [9.17, 15) is 9.36 Å². The lowest BCUT2D eigenvalue weighted by molar-refractivity contribution is 0.109. The molecule has 1 aromatic rings. The molecule has 0 aliphatic heterocycles. The molecule has 7 heteroatoms. The third kappa shape index (κ3) is 6.10. The van der Waals surface area contributed by atoms with E-state index in [1.807, 2.05) is 30.3 Å². The van der Waals surface area contributed by atoms with Crippen molar-refractivity contribution in [1.29, 1.82) is 0 Å². The third-order valence-corrected chi connectivity index (χ3v) is 4.24. The van der Waals surface area contributed by atoms with Gasteiger partial charge in [-0.25, -0.2) is 4.79 Å². The van der Waals surface area contributed by atoms with Gasteiger partial charge in [-0.3, -0.25) is 4.57 Å². The second-order valence-electron chi connectivity index (χ2n) is 3.89. The van der Waals surface area contributed by atoms with E-state index in [-0.39, 0.29) is 19.5 Å². The highest BCUT2D eigenvalue weighted by atomic mass is 35.7. The summed E-state index contributed by atoms with van der Waals surface area (Å²) in [6.07, 6.45) is -0.778. The van der Waals surface area contributed by atoms with Gasteiger partial charge in [-0.15, -0.1) is 0 Å². The lowest BCUT2D eigenvalue weighted by Gasteiger charge is -2.19. The van der Waals surface area contributed by atoms with Gasteiger partial charge in [0.2, 0.25) is 0 Å². The first kappa shape index (κ1) is 16.0. The van der Waals surface area contributed by atoms with Crippen LogP contribution in [0.15, 0.2) is 30.3 Å². The van der Waals surface area contributed by atoms with E-state index in [0.29, 0.717) is 0 Å². The first-order valence-corrected chi connectivity index (χ1v) is 8.51. The molecule has 0 heterocycles. The summed E-state index contributed by atoms with van der Waals surface area (Å²) >= 11 is 5.68. The van der Waals surface area contributed by atoms with Gasteiger partial charge in [0.15, 0.2) is 0 Å². The summed E-state index contributed by atoms with van der Waals surface area (Å²) in [6.45, 7) is -1.23. The minimum atomic E-state index is -3.30. The largest absolute Gasteiger partial charge is 0.445 e. The maximum Gasteiger partial charge on any atom is 0.410 e. The van der Waals surface area contributed by atoms with Crippen LogP contribution in [0.5, 0.6) is 0 Å². The van der Waals surface area contributed by atoms with Crippen LogP contribution in [0.1, 0.15) is 12.5 Å². The van der Waals surface area contributed by atoms with Crippen LogP contribution < -0.4 is 0 Å². The quantitative estimate of drug-likeness (QED) is 0.752. The molecule has 5 nitrogen and oxygen atoms in total. The number of hydrogen-bond donors (Lipinski definition) is 0. The van der Waals surface area contributed by atoms with Gasteiger partial charge < -0.3 is 14.2 Å². The molecule has 0 aromatic heterocycles. The predicted octanol–water partition coefficient (Wildman–Crippen LogP) is 3.68. The fourth-order valence-electron chi connectivity index (χ4n) is 1.37. The van der Waals surface area contributed by atoms with Crippen molar-refractivity contribution in [2.75, 3.05) is 19.9 Å². The van der Waals surface area contributed by atoms with Crippen molar-refractivity contribution < 1.29 is 18.6 Å². The number of nitrogens with zero attached hydrogens (tertiary/aromatic N) is 1. The highest BCUT2D eigenvalue weighted by Gasteiger charge is 2.24. The van der Waals surface area contributed by atoms with Crippen molar-refractivity contribution in [3.8, 4) is 0 Å². The van der Waals surface area contributed by atoms with Gasteiger partial charge in [0, 0.05) is 7.05 Å². The standard InChI is InChI=1S/C12H17ClNO4P/c1-3-18-19(13,16)10-14(2)12(15)17-9-11-7-5-4-6-8-11/h4-8H,3,9-10H2,1-2H3. The first-order chi connectivity index (χ1) is 8.94. The van der Waals surface area contributed by atoms with Crippen LogP contribution in [0.2, 0.25) is 0 Å². The Bertz CT molecular complexity index is 454. The third-order valence-electron chi connectivity index (χ3n) is 2.22. The molecule has 1 amide bonds. The van der Waals surface area contributed by atoms with Gasteiger partial charge in [-0.2, -0.15) is 0 Å². The Kier molecular flexibility index (Phi) is 6.35. The number of halogens is 1. The van der Waals surface area contributed by atoms with Crippen molar-refractivity contribution in [2.45, 2.75) is 13.5 Å². The van der Waals surface area contributed by atoms with Gasteiger partial charge >= 0.3 is 12.8 Å². The van der Waals surface area contributed by atoms with E-state index in [1.54, 1.807) is 6.92 Å². The van der Waals surface area contributed by atoms with E-state index in [4.69, 9.17) is 20.5 Å². The minimum absolute atomic E-state index is 0.158. The topological polar surface area (TPSA) is 55.8 Å². The van der Waals surface area contributed by atoms with Crippen LogP contribution in [0, 0.1) is 0 Å². The lowest BCUT2D eigenvalue weighted by Crippen LogP contribution is -2.28. The zero-order valence-corrected chi connectivity index (χ0v) is 12.6. The molecule has 0 spiro atoms. The molecule has 0 bridgehead atoms. The molecule has 0 N–H and O–H groups in total. The zero-order chi connectivity index (χ0) is 14.3. The van der Waals surface area contributed by atoms with Crippen LogP contribution in [0.3, 0.4) is 0 Å². The van der Waals surface area contributed by atoms with E-state index >= 15 is 0 Å². The highest BCUT2D eigenvalue weighted by Crippen LogP contribution is 2.52. The summed E-state index contributed by atoms with van der Waals surface area (Å²) in [5.41, 5.74) is 0.878. The summed E-state index contributed by atoms with van der Waals surface area (Å²) in [5.74, 6) is 0. The number of benzene rings is 1. The van der Waals surface area contributed by atoms with Crippen LogP contribution >= 0.6 is 18.0 Å². The summed E-state index contributed by atoms with van der Waals surface area (Å²) in [7, 11) is 1.46. The molecule has 1 atom stereocenters. The van der Waals surface area contributed by atoms with Crippen molar-refractivity contribution in [3.63, 3.8) is 0 Å². The number of ether oxygens (including phenoxy) is 1. The maximum absolute atomic E-state index is 11.7. The second-order valence-corrected chi connectivity index (χ2v) is 7.15. The Balaban J connectivity index is 2.43. The number of amides is 1. The average molecular weight is 306 g/mol. The predicted molar refractivity (Wildman–Crippen MR) is 74.3 cm³/mol. The van der Waals surface area contributed by atoms with Crippen LogP contribution in [0.4, 0.5) is 4.79 Å². The molecule has 1 rings (SSSR count). The van der Waals surface area contributed by atoms with Crippen molar-refractivity contribution >= 4 is 24.1 Å². The van der Waals surface area contributed by atoms with Crippen LogP contribution in [-0.4, -0.2) is 30.9 Å². The molecular formula is C12H17ClNO4P. The maximum atomic E-state index is 11.7. The number of carbonyl (C=O) groups is 1. The fourth-order valence-corrected chi connectivity index (χ4v) is 3.24. The molecule has 0 radical (unpaired) electrons. The number of hydrogen-bond acceptors (Lipinski definition) is 4. The summed E-state index contributed by atoms with van der Waals surface area (Å²) in [6, 6.07) is 9.28. The van der Waals surface area contributed by atoms with Crippen molar-refractivity contribution in [1.82, 2.24) is 4.90 Å². The normalized spacial score (nSPS) is 13.6. The molecule has 0 saturated heterocycles. The van der Waals surface area contributed by atoms with Gasteiger partial charge in [0.05, 0.1) is 6.61 Å². The average Bonchev–Trinajstić information content (AvgIpc) is 2.36. The van der Waals surface area contributed by atoms with E-state index < -0.39 is 12.8 Å². The Hall–Kier alpha value is -1.03. The van der Waals surface area contributed by atoms with Crippen LogP contribution in [0.25, 0.3) is 0 Å². The SMILES string of the molecule is CCOP(=O)(Cl)CN(C)C(=O)OCc1ccccc1. The molecule has 0 aliphatic rings. The second kappa shape index (κ2) is 7.53.